The summed E-state index contributed by atoms with van der Waals surface area (Å²) in [6.07, 6.45) is 9.91. The van der Waals surface area contributed by atoms with E-state index in [1.165, 1.54) is 12.9 Å². The first-order chi connectivity index (χ1) is 29.0. The molecule has 0 N–H and O–H groups in total. The highest BCUT2D eigenvalue weighted by Crippen LogP contribution is 2.25. The fraction of sp³-hybridized carbons (Fsp3) is 0.429. The summed E-state index contributed by atoms with van der Waals surface area (Å²) in [5, 5.41) is 0. The van der Waals surface area contributed by atoms with Crippen molar-refractivity contribution in [2.45, 2.75) is 14.7 Å². The third-order valence-electron chi connectivity index (χ3n) is 10.9. The van der Waals surface area contributed by atoms with Crippen LogP contribution >= 0.6 is 0 Å². The maximum atomic E-state index is 14.2. The second-order valence-corrected chi connectivity index (χ2v) is 20.5. The Balaban J connectivity index is 1.15. The van der Waals surface area contributed by atoms with Crippen LogP contribution in [0.4, 0.5) is 17.1 Å². The van der Waals surface area contributed by atoms with Crippen LogP contribution in [0.3, 0.4) is 0 Å². The molecular weight excluding hydrogens is 829 g/mol. The number of hydrogen-bond acceptors (Lipinski definition) is 12. The Morgan fingerprint density at radius 3 is 0.717 bits per heavy atom. The molecule has 3 saturated heterocycles. The third-order valence-corrected chi connectivity index (χ3v) is 16.4. The minimum atomic E-state index is -4.03. The van der Waals surface area contributed by atoms with E-state index >= 15 is 0 Å². The zero-order valence-electron chi connectivity index (χ0n) is 33.7. The lowest BCUT2D eigenvalue weighted by Gasteiger charge is -2.29. The quantitative estimate of drug-likeness (QED) is 0.291. The SMILES string of the molecule is O=S(=O)(c1ccc(N2CCOCC2)cc1)N1C/C=C/CN(S(=O)(=O)c2ccc(N3CCOCC3)cc2)C/C=C/CN(S(=O)(=O)c2ccc(N3CCOCC3)cc2)C/C=C/C1. The number of rotatable bonds is 9. The summed E-state index contributed by atoms with van der Waals surface area (Å²) in [4.78, 5) is 6.75. The van der Waals surface area contributed by atoms with Crippen molar-refractivity contribution in [1.82, 2.24) is 12.9 Å². The van der Waals surface area contributed by atoms with E-state index in [-0.39, 0.29) is 54.0 Å². The second kappa shape index (κ2) is 20.2. The van der Waals surface area contributed by atoms with Crippen LogP contribution in [-0.2, 0) is 44.3 Å². The summed E-state index contributed by atoms with van der Waals surface area (Å²) in [7, 11) is -12.1. The molecule has 3 aromatic carbocycles. The largest absolute Gasteiger partial charge is 0.378 e. The van der Waals surface area contributed by atoms with Crippen molar-refractivity contribution in [3.05, 3.63) is 109 Å². The molecular formula is C42H54N6O9S3. The molecule has 0 radical (unpaired) electrons. The first kappa shape index (κ1) is 44.0. The van der Waals surface area contributed by atoms with Gasteiger partial charge in [0.05, 0.1) is 54.3 Å². The van der Waals surface area contributed by atoms with Gasteiger partial charge in [0.2, 0.25) is 30.1 Å². The molecule has 18 heteroatoms. The van der Waals surface area contributed by atoms with Crippen molar-refractivity contribution in [3.63, 3.8) is 0 Å². The Hall–Kier alpha value is -4.11. The van der Waals surface area contributed by atoms with E-state index in [1.807, 2.05) is 0 Å². The summed E-state index contributed by atoms with van der Waals surface area (Å²) < 4.78 is 105. The van der Waals surface area contributed by atoms with Gasteiger partial charge in [-0.1, -0.05) is 36.5 Å². The van der Waals surface area contributed by atoms with Crippen molar-refractivity contribution in [2.24, 2.45) is 0 Å². The molecule has 4 aliphatic heterocycles. The Morgan fingerprint density at radius 2 is 0.517 bits per heavy atom. The number of hydrogen-bond donors (Lipinski definition) is 0. The van der Waals surface area contributed by atoms with Crippen LogP contribution in [0, 0.1) is 0 Å². The second-order valence-electron chi connectivity index (χ2n) is 14.7. The number of benzene rings is 3. The molecule has 0 atom stereocenters. The predicted octanol–water partition coefficient (Wildman–Crippen LogP) is 3.25. The minimum absolute atomic E-state index is 0.0482. The van der Waals surface area contributed by atoms with E-state index in [1.54, 1.807) is 109 Å². The molecule has 0 aromatic heterocycles. The van der Waals surface area contributed by atoms with Gasteiger partial charge in [-0.2, -0.15) is 12.9 Å². The maximum Gasteiger partial charge on any atom is 0.243 e. The van der Waals surface area contributed by atoms with Gasteiger partial charge < -0.3 is 28.9 Å². The highest BCUT2D eigenvalue weighted by Gasteiger charge is 2.27. The fourth-order valence-electron chi connectivity index (χ4n) is 7.36. The van der Waals surface area contributed by atoms with Crippen LogP contribution in [0.15, 0.2) is 124 Å². The third kappa shape index (κ3) is 10.7. The molecule has 15 nitrogen and oxygen atoms in total. The zero-order valence-corrected chi connectivity index (χ0v) is 36.2. The average molecular weight is 883 g/mol. The van der Waals surface area contributed by atoms with Gasteiger partial charge in [-0.05, 0) is 72.8 Å². The molecule has 3 fully saturated rings. The molecule has 324 valence electrons. The van der Waals surface area contributed by atoms with Gasteiger partial charge in [-0.15, -0.1) is 0 Å². The monoisotopic (exact) mass is 882 g/mol. The lowest BCUT2D eigenvalue weighted by atomic mass is 10.2. The van der Waals surface area contributed by atoms with E-state index in [0.29, 0.717) is 78.9 Å². The van der Waals surface area contributed by atoms with Crippen molar-refractivity contribution < 1.29 is 39.5 Å². The van der Waals surface area contributed by atoms with Gasteiger partial charge in [-0.25, -0.2) is 25.3 Å². The first-order valence-electron chi connectivity index (χ1n) is 20.3. The van der Waals surface area contributed by atoms with Gasteiger partial charge in [-0.3, -0.25) is 0 Å². The zero-order chi connectivity index (χ0) is 42.0. The molecule has 7 rings (SSSR count). The smallest absolute Gasteiger partial charge is 0.243 e. The maximum absolute atomic E-state index is 14.2. The van der Waals surface area contributed by atoms with Crippen LogP contribution in [0.2, 0.25) is 0 Å². The summed E-state index contributed by atoms with van der Waals surface area (Å²) in [5.41, 5.74) is 2.70. The van der Waals surface area contributed by atoms with E-state index in [0.717, 1.165) is 17.1 Å². The van der Waals surface area contributed by atoms with Gasteiger partial charge >= 0.3 is 0 Å². The van der Waals surface area contributed by atoms with Crippen molar-refractivity contribution in [2.75, 3.05) is 133 Å². The van der Waals surface area contributed by atoms with Gasteiger partial charge in [0.25, 0.3) is 0 Å². The van der Waals surface area contributed by atoms with Crippen LogP contribution in [0.1, 0.15) is 0 Å². The van der Waals surface area contributed by atoms with E-state index < -0.39 is 30.1 Å². The van der Waals surface area contributed by atoms with E-state index in [2.05, 4.69) is 14.7 Å². The Labute approximate surface area is 354 Å². The number of morpholine rings is 3. The topological polar surface area (TPSA) is 150 Å². The summed E-state index contributed by atoms with van der Waals surface area (Å²) >= 11 is 0. The van der Waals surface area contributed by atoms with Crippen molar-refractivity contribution in [3.8, 4) is 0 Å². The molecule has 0 spiro atoms. The highest BCUT2D eigenvalue weighted by molar-refractivity contribution is 7.89. The van der Waals surface area contributed by atoms with Crippen molar-refractivity contribution in [1.29, 1.82) is 0 Å². The molecule has 0 bridgehead atoms. The number of nitrogens with zero attached hydrogens (tertiary/aromatic N) is 6. The van der Waals surface area contributed by atoms with Crippen molar-refractivity contribution >= 4 is 47.1 Å². The van der Waals surface area contributed by atoms with Gasteiger partial charge in [0.15, 0.2) is 0 Å². The van der Waals surface area contributed by atoms with E-state index in [4.69, 9.17) is 14.2 Å². The summed E-state index contributed by atoms with van der Waals surface area (Å²) in [6, 6.07) is 20.3. The van der Waals surface area contributed by atoms with Gasteiger partial charge in [0, 0.05) is 95.6 Å². The number of sulfonamides is 3. The van der Waals surface area contributed by atoms with Crippen LogP contribution < -0.4 is 14.7 Å². The Bertz CT molecular complexity index is 2000. The molecule has 0 saturated carbocycles. The Morgan fingerprint density at radius 1 is 0.317 bits per heavy atom. The normalized spacial score (nSPS) is 22.1. The molecule has 4 heterocycles. The first-order valence-corrected chi connectivity index (χ1v) is 24.6. The van der Waals surface area contributed by atoms with Gasteiger partial charge in [0.1, 0.15) is 0 Å². The molecule has 4 aliphatic rings. The highest BCUT2D eigenvalue weighted by atomic mass is 32.2. The van der Waals surface area contributed by atoms with Crippen LogP contribution in [-0.4, -0.2) is 156 Å². The molecule has 0 aliphatic carbocycles. The fourth-order valence-corrected chi connectivity index (χ4v) is 11.4. The minimum Gasteiger partial charge on any atom is -0.378 e. The average Bonchev–Trinajstić information content (AvgIpc) is 3.30. The summed E-state index contributed by atoms with van der Waals surface area (Å²) in [5.74, 6) is 0. The van der Waals surface area contributed by atoms with Crippen LogP contribution in [0.25, 0.3) is 0 Å². The number of anilines is 3. The molecule has 60 heavy (non-hydrogen) atoms. The predicted molar refractivity (Wildman–Crippen MR) is 232 cm³/mol. The van der Waals surface area contributed by atoms with Crippen LogP contribution in [0.5, 0.6) is 0 Å². The number of ether oxygens (including phenoxy) is 3. The van der Waals surface area contributed by atoms with E-state index in [9.17, 15) is 25.3 Å². The molecule has 0 amide bonds. The molecule has 3 aromatic rings. The summed E-state index contributed by atoms with van der Waals surface area (Å²) in [6.45, 7) is 7.57. The lowest BCUT2D eigenvalue weighted by Crippen LogP contribution is -2.36. The molecule has 0 unspecified atom stereocenters. The standard InChI is InChI=1S/C42H54N6O9S3/c49-58(50,40-13-7-37(8-14-40)43-25-31-55-32-26-43)46-19-1-2-20-47(59(51,52)41-15-9-38(10-16-41)44-27-33-56-34-28-44)22-5-6-24-48(23-4-3-21-46)60(53,54)42-17-11-39(12-18-42)45-29-35-57-36-30-45/h1-18H,19-36H2/b2-1+,4-3+,6-5+. The Kier molecular flexibility index (Phi) is 14.8. The lowest BCUT2D eigenvalue weighted by molar-refractivity contribution is 0.122.